The molecule has 4 aliphatic rings. The van der Waals surface area contributed by atoms with Crippen LogP contribution >= 0.6 is 121 Å². The number of carbonyl (C=O) groups excluding carboxylic acids is 5. The zero-order valence-corrected chi connectivity index (χ0v) is 76.3. The summed E-state index contributed by atoms with van der Waals surface area (Å²) in [5, 5.41) is 21.7. The van der Waals surface area contributed by atoms with E-state index >= 15 is 0 Å². The van der Waals surface area contributed by atoms with Crippen LogP contribution in [-0.2, 0) is 51.8 Å². The van der Waals surface area contributed by atoms with E-state index in [0.717, 1.165) is 128 Å². The number of anilines is 2. The number of fused-ring (bicyclic) bond motifs is 3. The van der Waals surface area contributed by atoms with Crippen molar-refractivity contribution in [2.24, 2.45) is 0 Å². The molecule has 4 atom stereocenters. The fraction of sp³-hybridized carbons (Fsp3) is 0.271. The highest BCUT2D eigenvalue weighted by molar-refractivity contribution is 9.10. The third-order valence-electron chi connectivity index (χ3n) is 20.3. The van der Waals surface area contributed by atoms with E-state index in [-0.39, 0.29) is 128 Å². The van der Waals surface area contributed by atoms with Gasteiger partial charge in [-0.15, -0.1) is 0 Å². The number of nitrogens with zero attached hydrogens (tertiary/aromatic N) is 16. The molecule has 5 aromatic carbocycles. The molecule has 124 heavy (non-hydrogen) atoms. The van der Waals surface area contributed by atoms with Crippen LogP contribution in [0.3, 0.4) is 0 Å². The number of imidazole rings is 3. The molecule has 4 fully saturated rings. The van der Waals surface area contributed by atoms with Crippen LogP contribution in [0.15, 0.2) is 235 Å². The summed E-state index contributed by atoms with van der Waals surface area (Å²) < 4.78 is 28.9. The molecule has 650 valence electrons. The lowest BCUT2D eigenvalue weighted by molar-refractivity contribution is 0.0899. The number of nitrogens with two attached hydrogens (primary N) is 1. The fourth-order valence-electron chi connectivity index (χ4n) is 14.5. The van der Waals surface area contributed by atoms with E-state index in [1.165, 1.54) is 24.3 Å². The zero-order valence-electron chi connectivity index (χ0n) is 66.9. The Labute approximate surface area is 776 Å². The standard InChI is InChI=1S/C19H22ClN3O2.C18H16BrClN4O2.C18H18BrN5O2.C18H17ClN4O2.C12H11BN2O3.4H2S/c20-18-17(21-11-12-22-18)10-4-8-16-9-5-13-23(16)19(24)25-14-15-6-2-1-3-7-15;2*19-15-14-16(20)21-8-10-24(14)17(22-15)13-7-4-9-23(13)18(25)26-11-12-5-2-1-3-6-12;19-16-15-11-21-17(22(15)10-8-20-16)14-7-4-9-23(14)18(24)25-12-13-5-2-1-3-6-13;16-12(15-11-3-1-2-8-14-11)9-4-6-10(7-5-9)13(17)18;;;;/h1-3,6-7,11-12,16H,4-5,8-10,13-14H2;1-3,5-6,8,10,13H,4,7,9,11H2;1-3,5-6,8,10,13H,4,7,9,11H2,(H2,20,21);1-3,5-6,8,10-11,14H,4,7,9,12H2;1-8,17-18H,(H,14,15,16);4*1H2/t16-;2*13-;14-;;;;;/m1000...../s1. The molecule has 39 heteroatoms. The molecule has 12 heterocycles. The molecule has 5 amide bonds. The van der Waals surface area contributed by atoms with Gasteiger partial charge in [0.2, 0.25) is 0 Å². The van der Waals surface area contributed by atoms with Crippen LogP contribution in [0.1, 0.15) is 138 Å². The highest BCUT2D eigenvalue weighted by Crippen LogP contribution is 2.39. The minimum atomic E-state index is -1.53. The van der Waals surface area contributed by atoms with Gasteiger partial charge in [-0.05, 0) is 154 Å². The number of hydrogen-bond donors (Lipinski definition) is 4. The van der Waals surface area contributed by atoms with Crippen LogP contribution in [0.4, 0.5) is 30.8 Å². The predicted octanol–water partition coefficient (Wildman–Crippen LogP) is 16.7. The van der Waals surface area contributed by atoms with Crippen LogP contribution in [0.2, 0.25) is 15.5 Å². The molecule has 0 spiro atoms. The highest BCUT2D eigenvalue weighted by atomic mass is 79.9. The van der Waals surface area contributed by atoms with Gasteiger partial charge in [0.05, 0.1) is 30.0 Å². The van der Waals surface area contributed by atoms with Gasteiger partial charge < -0.3 is 44.9 Å². The van der Waals surface area contributed by atoms with Crippen LogP contribution in [0.25, 0.3) is 16.6 Å². The Morgan fingerprint density at radius 3 is 1.35 bits per heavy atom. The van der Waals surface area contributed by atoms with Crippen molar-refractivity contribution in [3.05, 3.63) is 301 Å². The minimum Gasteiger partial charge on any atom is -0.445 e. The number of pyridine rings is 1. The number of rotatable bonds is 18. The van der Waals surface area contributed by atoms with E-state index < -0.39 is 7.12 Å². The first-order valence-corrected chi connectivity index (χ1v) is 41.6. The van der Waals surface area contributed by atoms with Crippen LogP contribution < -0.4 is 16.5 Å². The zero-order chi connectivity index (χ0) is 83.9. The lowest BCUT2D eigenvalue weighted by Crippen LogP contribution is -2.35. The largest absolute Gasteiger partial charge is 0.488 e. The van der Waals surface area contributed by atoms with Gasteiger partial charge >= 0.3 is 31.5 Å². The molecular weight excluding hydrogens is 1850 g/mol. The highest BCUT2D eigenvalue weighted by Gasteiger charge is 2.38. The first kappa shape index (κ1) is 97.6. The molecule has 0 aliphatic carbocycles. The van der Waals surface area contributed by atoms with Crippen LogP contribution in [0.5, 0.6) is 0 Å². The molecule has 29 nitrogen and oxygen atoms in total. The van der Waals surface area contributed by atoms with E-state index in [1.807, 2.05) is 152 Å². The van der Waals surface area contributed by atoms with Gasteiger partial charge in [0.15, 0.2) is 16.1 Å². The van der Waals surface area contributed by atoms with Crippen LogP contribution in [0, 0.1) is 0 Å². The normalized spacial score (nSPS) is 15.4. The maximum absolute atomic E-state index is 12.6. The first-order chi connectivity index (χ1) is 58.4. The Kier molecular flexibility index (Phi) is 38.0. The van der Waals surface area contributed by atoms with Crippen molar-refractivity contribution in [3.8, 4) is 0 Å². The maximum Gasteiger partial charge on any atom is 0.488 e. The summed E-state index contributed by atoms with van der Waals surface area (Å²) in [5.74, 6) is 2.87. The van der Waals surface area contributed by atoms with E-state index in [4.69, 9.17) is 69.5 Å². The van der Waals surface area contributed by atoms with Gasteiger partial charge in [-0.1, -0.05) is 174 Å². The number of benzene rings is 5. The van der Waals surface area contributed by atoms with E-state index in [9.17, 15) is 24.0 Å². The topological polar surface area (TPSA) is 343 Å². The van der Waals surface area contributed by atoms with Crippen molar-refractivity contribution in [1.29, 1.82) is 0 Å². The molecule has 17 rings (SSSR count). The van der Waals surface area contributed by atoms with Crippen molar-refractivity contribution in [2.75, 3.05) is 37.2 Å². The number of aromatic nitrogens is 12. The quantitative estimate of drug-likeness (QED) is 0.0458. The van der Waals surface area contributed by atoms with E-state index in [0.29, 0.717) is 84.6 Å². The summed E-state index contributed by atoms with van der Waals surface area (Å²) >= 11 is 25.2. The average Bonchev–Trinajstić information content (AvgIpc) is 1.62. The summed E-state index contributed by atoms with van der Waals surface area (Å²) in [6, 6.07) is 49.7. The van der Waals surface area contributed by atoms with Gasteiger partial charge in [-0.25, -0.2) is 59.0 Å². The first-order valence-electron chi connectivity index (χ1n) is 38.9. The number of amides is 5. The van der Waals surface area contributed by atoms with Gasteiger partial charge in [-0.2, -0.15) is 54.0 Å². The van der Waals surface area contributed by atoms with Crippen molar-refractivity contribution in [2.45, 2.75) is 121 Å². The molecule has 0 bridgehead atoms. The van der Waals surface area contributed by atoms with Gasteiger partial charge in [0, 0.05) is 93.6 Å². The van der Waals surface area contributed by atoms with Crippen molar-refractivity contribution in [1.82, 2.24) is 77.7 Å². The van der Waals surface area contributed by atoms with Gasteiger partial charge in [0.25, 0.3) is 5.91 Å². The number of likely N-dealkylation sites (tertiary alicyclic amines) is 4. The van der Waals surface area contributed by atoms with E-state index in [1.54, 1.807) is 82.5 Å². The molecule has 8 aromatic heterocycles. The Hall–Kier alpha value is -10.2. The number of aryl methyl sites for hydroxylation is 1. The third-order valence-corrected chi connectivity index (χ3v) is 22.3. The number of carbonyl (C=O) groups is 5. The predicted molar refractivity (Wildman–Crippen MR) is 501 cm³/mol. The third kappa shape index (κ3) is 25.5. The minimum absolute atomic E-state index is 0. The SMILES string of the molecule is Nc1nccn2c([C@@H]3CCCN3C(=O)OCc3ccccc3)nc(Br)c12.O=C(Nc1ccccn1)c1ccc(B(O)O)cc1.O=C(OCc1ccccc1)N1CCC[C@H]1CCCc1nccnc1Cl.O=C(OCc1ccccc1)N1CCC[C@H]1c1nc(Br)c2c(Cl)nccn12.O=C(OCc1ccccc1)N1CCC[C@H]1c1ncc2c(Cl)nccn12.S.S.S.S. The Morgan fingerprint density at radius 2 is 0.871 bits per heavy atom. The molecule has 0 unspecified atom stereocenters. The lowest BCUT2D eigenvalue weighted by atomic mass is 9.80. The summed E-state index contributed by atoms with van der Waals surface area (Å²) in [6.07, 6.45) is 25.5. The summed E-state index contributed by atoms with van der Waals surface area (Å²) in [4.78, 5) is 107. The van der Waals surface area contributed by atoms with Crippen molar-refractivity contribution < 1.29 is 53.0 Å². The number of halogens is 5. The number of nitrogens with one attached hydrogen (secondary N) is 1. The second kappa shape index (κ2) is 48.3. The summed E-state index contributed by atoms with van der Waals surface area (Å²) in [5.41, 5.74) is 13.6. The smallest absolute Gasteiger partial charge is 0.445 e. The number of ether oxygens (including phenoxy) is 4. The molecule has 0 radical (unpaired) electrons. The molecular formula is C85H92BBr2Cl3N18O11S4. The van der Waals surface area contributed by atoms with Crippen LogP contribution in [-0.4, -0.2) is 157 Å². The van der Waals surface area contributed by atoms with Gasteiger partial charge in [-0.3, -0.25) is 37.7 Å². The average molecular weight is 1950 g/mol. The fourth-order valence-corrected chi connectivity index (χ4v) is 16.3. The van der Waals surface area contributed by atoms with Gasteiger partial charge in [0.1, 0.15) is 80.6 Å². The Morgan fingerprint density at radius 1 is 0.452 bits per heavy atom. The van der Waals surface area contributed by atoms with Crippen molar-refractivity contribution in [3.63, 3.8) is 0 Å². The Bertz CT molecular complexity index is 5460. The Balaban J connectivity index is 0.000000175. The van der Waals surface area contributed by atoms with Crippen molar-refractivity contribution >= 4 is 192 Å². The molecule has 4 aliphatic heterocycles. The second-order valence-corrected chi connectivity index (χ2v) is 30.7. The molecule has 5 N–H and O–H groups in total. The second-order valence-electron chi connectivity index (χ2n) is 28.1. The monoisotopic (exact) mass is 1940 g/mol. The number of hydrogen-bond acceptors (Lipinski definition) is 21. The summed E-state index contributed by atoms with van der Waals surface area (Å²) in [7, 11) is -1.53. The summed E-state index contributed by atoms with van der Waals surface area (Å²) in [6.45, 7) is 3.81. The lowest BCUT2D eigenvalue weighted by Gasteiger charge is -2.24. The molecule has 0 saturated carbocycles. The molecule has 4 saturated heterocycles. The van der Waals surface area contributed by atoms with E-state index in [2.05, 4.69) is 82.0 Å². The maximum atomic E-state index is 12.6. The number of nitrogen functional groups attached to an aromatic ring is 1. The molecule has 13 aromatic rings.